The molecule has 0 bridgehead atoms. The fraction of sp³-hybridized carbons (Fsp3) is 0.364. The Labute approximate surface area is 105 Å². The summed E-state index contributed by atoms with van der Waals surface area (Å²) < 4.78 is 25.8. The Morgan fingerprint density at radius 2 is 2.06 bits per heavy atom. The van der Waals surface area contributed by atoms with Crippen LogP contribution in [0.1, 0.15) is 22.8 Å². The van der Waals surface area contributed by atoms with E-state index < -0.39 is 22.1 Å². The van der Waals surface area contributed by atoms with E-state index in [0.29, 0.717) is 5.56 Å². The minimum Gasteiger partial charge on any atom is -0.478 e. The number of carboxylic acid groups (broad SMARTS) is 1. The standard InChI is InChI=1S/C11H15NO5S/c1-7-3-4-9(5-10(7)11(14)15)18(16,17)12-6-8(2)13/h3-5,8,12-13H,6H2,1-2H3,(H,14,15)/t8-/m1/s1. The van der Waals surface area contributed by atoms with Crippen molar-refractivity contribution in [2.75, 3.05) is 6.54 Å². The second kappa shape index (κ2) is 5.47. The fourth-order valence-corrected chi connectivity index (χ4v) is 2.46. The first-order chi connectivity index (χ1) is 8.24. The van der Waals surface area contributed by atoms with Gasteiger partial charge in [0, 0.05) is 6.54 Å². The lowest BCUT2D eigenvalue weighted by Gasteiger charge is -2.09. The van der Waals surface area contributed by atoms with Crippen LogP contribution in [0.25, 0.3) is 0 Å². The zero-order valence-electron chi connectivity index (χ0n) is 10.0. The summed E-state index contributed by atoms with van der Waals surface area (Å²) >= 11 is 0. The Bertz CT molecular complexity index is 551. The van der Waals surface area contributed by atoms with Crippen LogP contribution in [-0.4, -0.2) is 37.2 Å². The van der Waals surface area contributed by atoms with Crippen LogP contribution in [0.4, 0.5) is 0 Å². The number of rotatable bonds is 5. The molecule has 7 heteroatoms. The van der Waals surface area contributed by atoms with Crippen molar-refractivity contribution in [2.45, 2.75) is 24.8 Å². The zero-order valence-corrected chi connectivity index (χ0v) is 10.9. The molecule has 1 aromatic rings. The summed E-state index contributed by atoms with van der Waals surface area (Å²) in [4.78, 5) is 10.8. The number of aryl methyl sites for hydroxylation is 1. The molecule has 0 aromatic heterocycles. The molecule has 100 valence electrons. The maximum absolute atomic E-state index is 11.8. The Kier molecular flexibility index (Phi) is 4.44. The summed E-state index contributed by atoms with van der Waals surface area (Å²) in [6, 6.07) is 3.86. The number of aromatic carboxylic acids is 1. The molecule has 1 rings (SSSR count). The van der Waals surface area contributed by atoms with Gasteiger partial charge in [0.1, 0.15) is 0 Å². The van der Waals surface area contributed by atoms with Gasteiger partial charge in [-0.2, -0.15) is 0 Å². The van der Waals surface area contributed by atoms with Crippen molar-refractivity contribution >= 4 is 16.0 Å². The van der Waals surface area contributed by atoms with Gasteiger partial charge in [-0.05, 0) is 31.5 Å². The molecule has 3 N–H and O–H groups in total. The Hall–Kier alpha value is -1.44. The predicted octanol–water partition coefficient (Wildman–Crippen LogP) is 0.352. The summed E-state index contributed by atoms with van der Waals surface area (Å²) in [7, 11) is -3.80. The number of hydrogen-bond acceptors (Lipinski definition) is 4. The quantitative estimate of drug-likeness (QED) is 0.718. The topological polar surface area (TPSA) is 104 Å². The van der Waals surface area contributed by atoms with E-state index in [-0.39, 0.29) is 17.0 Å². The van der Waals surface area contributed by atoms with E-state index >= 15 is 0 Å². The first-order valence-corrected chi connectivity index (χ1v) is 6.74. The Balaban J connectivity index is 3.10. The third-order valence-corrected chi connectivity index (χ3v) is 3.74. The largest absolute Gasteiger partial charge is 0.478 e. The number of carbonyl (C=O) groups is 1. The van der Waals surface area contributed by atoms with Gasteiger partial charge in [-0.3, -0.25) is 0 Å². The average molecular weight is 273 g/mol. The molecular weight excluding hydrogens is 258 g/mol. The number of hydrogen-bond donors (Lipinski definition) is 3. The van der Waals surface area contributed by atoms with Gasteiger partial charge in [0.15, 0.2) is 0 Å². The monoisotopic (exact) mass is 273 g/mol. The maximum Gasteiger partial charge on any atom is 0.335 e. The van der Waals surface area contributed by atoms with Crippen molar-refractivity contribution in [3.63, 3.8) is 0 Å². The number of nitrogens with one attached hydrogen (secondary N) is 1. The van der Waals surface area contributed by atoms with Gasteiger partial charge in [0.25, 0.3) is 0 Å². The van der Waals surface area contributed by atoms with Crippen molar-refractivity contribution in [2.24, 2.45) is 0 Å². The average Bonchev–Trinajstić information content (AvgIpc) is 2.26. The van der Waals surface area contributed by atoms with Crippen LogP contribution in [0, 0.1) is 6.92 Å². The van der Waals surface area contributed by atoms with Crippen molar-refractivity contribution in [3.05, 3.63) is 29.3 Å². The van der Waals surface area contributed by atoms with E-state index in [1.54, 1.807) is 6.92 Å². The van der Waals surface area contributed by atoms with Crippen LogP contribution in [-0.2, 0) is 10.0 Å². The van der Waals surface area contributed by atoms with Gasteiger partial charge in [-0.1, -0.05) is 6.07 Å². The lowest BCUT2D eigenvalue weighted by molar-refractivity contribution is 0.0696. The van der Waals surface area contributed by atoms with Crippen molar-refractivity contribution in [1.82, 2.24) is 4.72 Å². The van der Waals surface area contributed by atoms with Crippen molar-refractivity contribution in [1.29, 1.82) is 0 Å². The van der Waals surface area contributed by atoms with Crippen LogP contribution in [0.3, 0.4) is 0 Å². The van der Waals surface area contributed by atoms with Crippen LogP contribution in [0.5, 0.6) is 0 Å². The highest BCUT2D eigenvalue weighted by Crippen LogP contribution is 2.15. The smallest absolute Gasteiger partial charge is 0.335 e. The molecule has 0 unspecified atom stereocenters. The molecule has 18 heavy (non-hydrogen) atoms. The maximum atomic E-state index is 11.8. The summed E-state index contributed by atoms with van der Waals surface area (Å²) in [6.07, 6.45) is -0.816. The number of carboxylic acids is 1. The highest BCUT2D eigenvalue weighted by Gasteiger charge is 2.17. The molecule has 0 heterocycles. The fourth-order valence-electron chi connectivity index (χ4n) is 1.31. The zero-order chi connectivity index (χ0) is 13.9. The minimum absolute atomic E-state index is 0.0603. The molecule has 6 nitrogen and oxygen atoms in total. The summed E-state index contributed by atoms with van der Waals surface area (Å²) in [5, 5.41) is 17.9. The highest BCUT2D eigenvalue weighted by molar-refractivity contribution is 7.89. The summed E-state index contributed by atoms with van der Waals surface area (Å²) in [6.45, 7) is 2.90. The molecule has 0 fully saturated rings. The number of aliphatic hydroxyl groups is 1. The highest BCUT2D eigenvalue weighted by atomic mass is 32.2. The SMILES string of the molecule is Cc1ccc(S(=O)(=O)NC[C@@H](C)O)cc1C(=O)O. The van der Waals surface area contributed by atoms with E-state index in [4.69, 9.17) is 10.2 Å². The lowest BCUT2D eigenvalue weighted by atomic mass is 10.1. The van der Waals surface area contributed by atoms with Gasteiger partial charge < -0.3 is 10.2 Å². The van der Waals surface area contributed by atoms with Gasteiger partial charge in [0.05, 0.1) is 16.6 Å². The normalized spacial score (nSPS) is 13.3. The van der Waals surface area contributed by atoms with Gasteiger partial charge in [-0.15, -0.1) is 0 Å². The molecule has 0 aliphatic heterocycles. The molecule has 0 radical (unpaired) electrons. The molecule has 1 aromatic carbocycles. The van der Waals surface area contributed by atoms with Crippen LogP contribution in [0.15, 0.2) is 23.1 Å². The molecule has 0 saturated heterocycles. The minimum atomic E-state index is -3.80. The van der Waals surface area contributed by atoms with Crippen LogP contribution in [0.2, 0.25) is 0 Å². The molecule has 0 aliphatic carbocycles. The Morgan fingerprint density at radius 1 is 1.44 bits per heavy atom. The second-order valence-electron chi connectivity index (χ2n) is 3.98. The molecule has 0 aliphatic rings. The van der Waals surface area contributed by atoms with Crippen LogP contribution < -0.4 is 4.72 Å². The van der Waals surface area contributed by atoms with Crippen molar-refractivity contribution < 1.29 is 23.4 Å². The number of aliphatic hydroxyl groups excluding tert-OH is 1. The van der Waals surface area contributed by atoms with Gasteiger partial charge >= 0.3 is 5.97 Å². The van der Waals surface area contributed by atoms with Gasteiger partial charge in [0.2, 0.25) is 10.0 Å². The van der Waals surface area contributed by atoms with Crippen LogP contribution >= 0.6 is 0 Å². The first-order valence-electron chi connectivity index (χ1n) is 5.25. The first kappa shape index (κ1) is 14.6. The van der Waals surface area contributed by atoms with Gasteiger partial charge in [-0.25, -0.2) is 17.9 Å². The molecule has 0 amide bonds. The second-order valence-corrected chi connectivity index (χ2v) is 5.75. The van der Waals surface area contributed by atoms with E-state index in [1.807, 2.05) is 0 Å². The third kappa shape index (κ3) is 3.52. The van der Waals surface area contributed by atoms with E-state index in [2.05, 4.69) is 4.72 Å². The number of sulfonamides is 1. The van der Waals surface area contributed by atoms with Crippen molar-refractivity contribution in [3.8, 4) is 0 Å². The Morgan fingerprint density at radius 3 is 2.56 bits per heavy atom. The molecule has 0 saturated carbocycles. The molecular formula is C11H15NO5S. The van der Waals surface area contributed by atoms with E-state index in [9.17, 15) is 13.2 Å². The lowest BCUT2D eigenvalue weighted by Crippen LogP contribution is -2.30. The molecule has 1 atom stereocenters. The summed E-state index contributed by atoms with van der Waals surface area (Å²) in [5.41, 5.74) is 0.423. The number of benzene rings is 1. The predicted molar refractivity (Wildman–Crippen MR) is 65.0 cm³/mol. The summed E-state index contributed by atoms with van der Waals surface area (Å²) in [5.74, 6) is -1.18. The van der Waals surface area contributed by atoms with E-state index in [1.165, 1.54) is 19.1 Å². The van der Waals surface area contributed by atoms with E-state index in [0.717, 1.165) is 6.07 Å². The third-order valence-electron chi connectivity index (χ3n) is 2.32. The molecule has 0 spiro atoms.